The number of thiazole rings is 1. The van der Waals surface area contributed by atoms with Crippen molar-refractivity contribution in [2.45, 2.75) is 6.18 Å². The summed E-state index contributed by atoms with van der Waals surface area (Å²) in [6, 6.07) is 3.95. The van der Waals surface area contributed by atoms with Gasteiger partial charge in [0.15, 0.2) is 10.8 Å². The van der Waals surface area contributed by atoms with E-state index in [0.29, 0.717) is 10.2 Å². The standard InChI is InChI=1S/C10H5BrF4N2S/c11-5-1-6(12)3-7(2-5)16-9-17-8(4-18-9)10(13,14)15/h1-4H,(H,16,17). The Morgan fingerprint density at radius 1 is 1.22 bits per heavy atom. The van der Waals surface area contributed by atoms with E-state index >= 15 is 0 Å². The van der Waals surface area contributed by atoms with Crippen molar-refractivity contribution in [1.29, 1.82) is 0 Å². The summed E-state index contributed by atoms with van der Waals surface area (Å²) >= 11 is 3.89. The molecule has 18 heavy (non-hydrogen) atoms. The van der Waals surface area contributed by atoms with Gasteiger partial charge in [0.1, 0.15) is 5.82 Å². The second-order valence-corrected chi connectivity index (χ2v) is 5.09. The molecule has 0 amide bonds. The summed E-state index contributed by atoms with van der Waals surface area (Å²) in [5.74, 6) is -0.500. The average Bonchev–Trinajstić information content (AvgIpc) is 2.63. The molecule has 2 rings (SSSR count). The van der Waals surface area contributed by atoms with Crippen molar-refractivity contribution in [3.63, 3.8) is 0 Å². The lowest BCUT2D eigenvalue weighted by Gasteiger charge is -2.04. The molecular weight excluding hydrogens is 336 g/mol. The fraction of sp³-hybridized carbons (Fsp3) is 0.100. The molecule has 2 nitrogen and oxygen atoms in total. The number of anilines is 2. The molecule has 1 aromatic carbocycles. The van der Waals surface area contributed by atoms with Gasteiger partial charge < -0.3 is 5.32 Å². The third kappa shape index (κ3) is 3.20. The van der Waals surface area contributed by atoms with Crippen molar-refractivity contribution in [2.75, 3.05) is 5.32 Å². The minimum atomic E-state index is -4.47. The van der Waals surface area contributed by atoms with Gasteiger partial charge in [-0.05, 0) is 18.2 Å². The third-order valence-corrected chi connectivity index (χ3v) is 3.12. The lowest BCUT2D eigenvalue weighted by atomic mass is 10.3. The molecule has 0 aliphatic heterocycles. The highest BCUT2D eigenvalue weighted by Crippen LogP contribution is 2.33. The Labute approximate surface area is 112 Å². The van der Waals surface area contributed by atoms with Crippen molar-refractivity contribution in [2.24, 2.45) is 0 Å². The summed E-state index contributed by atoms with van der Waals surface area (Å²) in [5, 5.41) is 3.57. The number of alkyl halides is 3. The van der Waals surface area contributed by atoms with E-state index in [-0.39, 0.29) is 5.13 Å². The Bertz CT molecular complexity index is 547. The first-order valence-corrected chi connectivity index (χ1v) is 6.28. The molecule has 2 aromatic rings. The SMILES string of the molecule is Fc1cc(Br)cc(Nc2nc(C(F)(F)F)cs2)c1. The molecule has 0 atom stereocenters. The molecule has 0 aliphatic rings. The zero-order valence-electron chi connectivity index (χ0n) is 8.55. The number of nitrogens with zero attached hydrogens (tertiary/aromatic N) is 1. The molecule has 1 aromatic heterocycles. The van der Waals surface area contributed by atoms with Crippen LogP contribution in [0, 0.1) is 5.82 Å². The Morgan fingerprint density at radius 2 is 1.94 bits per heavy atom. The van der Waals surface area contributed by atoms with Crippen LogP contribution < -0.4 is 5.32 Å². The van der Waals surface area contributed by atoms with Crippen molar-refractivity contribution in [3.8, 4) is 0 Å². The van der Waals surface area contributed by atoms with Gasteiger partial charge in [0.2, 0.25) is 0 Å². The van der Waals surface area contributed by atoms with E-state index in [9.17, 15) is 17.6 Å². The van der Waals surface area contributed by atoms with E-state index in [2.05, 4.69) is 26.2 Å². The van der Waals surface area contributed by atoms with Gasteiger partial charge in [-0.2, -0.15) is 13.2 Å². The largest absolute Gasteiger partial charge is 0.434 e. The number of hydrogen-bond acceptors (Lipinski definition) is 3. The Morgan fingerprint density at radius 3 is 2.50 bits per heavy atom. The lowest BCUT2D eigenvalue weighted by molar-refractivity contribution is -0.140. The van der Waals surface area contributed by atoms with Crippen LogP contribution in [-0.4, -0.2) is 4.98 Å². The van der Waals surface area contributed by atoms with Crippen LogP contribution in [0.2, 0.25) is 0 Å². The summed E-state index contributed by atoms with van der Waals surface area (Å²) in [5.41, 5.74) is -0.643. The summed E-state index contributed by atoms with van der Waals surface area (Å²) in [6.07, 6.45) is -4.47. The molecule has 0 saturated heterocycles. The minimum absolute atomic E-state index is 0.0554. The molecule has 0 aliphatic carbocycles. The maximum atomic E-state index is 13.1. The lowest BCUT2D eigenvalue weighted by Crippen LogP contribution is -2.05. The molecule has 1 heterocycles. The molecule has 1 N–H and O–H groups in total. The van der Waals surface area contributed by atoms with Crippen LogP contribution in [-0.2, 0) is 6.18 Å². The van der Waals surface area contributed by atoms with Crippen LogP contribution in [0.25, 0.3) is 0 Å². The number of aromatic nitrogens is 1. The van der Waals surface area contributed by atoms with Crippen LogP contribution in [0.4, 0.5) is 28.4 Å². The van der Waals surface area contributed by atoms with Crippen molar-refractivity contribution >= 4 is 38.1 Å². The quantitative estimate of drug-likeness (QED) is 0.793. The van der Waals surface area contributed by atoms with Gasteiger partial charge in [-0.25, -0.2) is 9.37 Å². The summed E-state index contributed by atoms with van der Waals surface area (Å²) in [7, 11) is 0. The highest BCUT2D eigenvalue weighted by molar-refractivity contribution is 9.10. The number of rotatable bonds is 2. The monoisotopic (exact) mass is 340 g/mol. The van der Waals surface area contributed by atoms with Crippen molar-refractivity contribution < 1.29 is 17.6 Å². The van der Waals surface area contributed by atoms with Gasteiger partial charge in [-0.1, -0.05) is 15.9 Å². The van der Waals surface area contributed by atoms with Crippen molar-refractivity contribution in [3.05, 3.63) is 39.6 Å². The van der Waals surface area contributed by atoms with E-state index in [0.717, 1.165) is 16.7 Å². The maximum Gasteiger partial charge on any atom is 0.434 e. The van der Waals surface area contributed by atoms with Gasteiger partial charge in [0.05, 0.1) is 0 Å². The summed E-state index contributed by atoms with van der Waals surface area (Å²) in [6.45, 7) is 0. The first kappa shape index (κ1) is 13.3. The Balaban J connectivity index is 2.21. The fourth-order valence-corrected chi connectivity index (χ4v) is 2.41. The predicted octanol–water partition coefficient (Wildman–Crippen LogP) is 4.81. The smallest absolute Gasteiger partial charge is 0.331 e. The van der Waals surface area contributed by atoms with Gasteiger partial charge >= 0.3 is 6.18 Å². The first-order chi connectivity index (χ1) is 8.34. The van der Waals surface area contributed by atoms with Gasteiger partial charge in [-0.3, -0.25) is 0 Å². The zero-order chi connectivity index (χ0) is 13.3. The summed E-state index contributed by atoms with van der Waals surface area (Å²) in [4.78, 5) is 3.38. The van der Waals surface area contributed by atoms with Crippen molar-refractivity contribution in [1.82, 2.24) is 4.98 Å². The summed E-state index contributed by atoms with van der Waals surface area (Å²) < 4.78 is 50.5. The topological polar surface area (TPSA) is 24.9 Å². The number of nitrogens with one attached hydrogen (secondary N) is 1. The molecule has 0 radical (unpaired) electrons. The highest BCUT2D eigenvalue weighted by Gasteiger charge is 2.33. The van der Waals surface area contributed by atoms with E-state index in [1.54, 1.807) is 0 Å². The third-order valence-electron chi connectivity index (χ3n) is 1.91. The molecular formula is C10H5BrF4N2S. The van der Waals surface area contributed by atoms with Crippen LogP contribution in [0.5, 0.6) is 0 Å². The van der Waals surface area contributed by atoms with Gasteiger partial charge in [-0.15, -0.1) is 11.3 Å². The first-order valence-electron chi connectivity index (χ1n) is 4.60. The molecule has 0 bridgehead atoms. The van der Waals surface area contributed by atoms with E-state index in [1.165, 1.54) is 18.2 Å². The number of hydrogen-bond donors (Lipinski definition) is 1. The maximum absolute atomic E-state index is 13.1. The predicted molar refractivity (Wildman–Crippen MR) is 64.5 cm³/mol. The van der Waals surface area contributed by atoms with E-state index in [4.69, 9.17) is 0 Å². The van der Waals surface area contributed by atoms with Gasteiger partial charge in [0.25, 0.3) is 0 Å². The van der Waals surface area contributed by atoms with Gasteiger partial charge in [0, 0.05) is 15.5 Å². The molecule has 0 fully saturated rings. The second kappa shape index (κ2) is 4.85. The van der Waals surface area contributed by atoms with E-state index in [1.807, 2.05) is 0 Å². The average molecular weight is 341 g/mol. The number of halogens is 5. The zero-order valence-corrected chi connectivity index (χ0v) is 11.0. The highest BCUT2D eigenvalue weighted by atomic mass is 79.9. The number of benzene rings is 1. The molecule has 0 spiro atoms. The normalized spacial score (nSPS) is 11.6. The molecule has 0 saturated carbocycles. The molecule has 8 heteroatoms. The minimum Gasteiger partial charge on any atom is -0.331 e. The van der Waals surface area contributed by atoms with Crippen LogP contribution in [0.3, 0.4) is 0 Å². The van der Waals surface area contributed by atoms with Crippen LogP contribution >= 0.6 is 27.3 Å². The van der Waals surface area contributed by atoms with E-state index < -0.39 is 17.7 Å². The van der Waals surface area contributed by atoms with Crippen LogP contribution in [0.15, 0.2) is 28.1 Å². The Kier molecular flexibility index (Phi) is 3.58. The van der Waals surface area contributed by atoms with Crippen LogP contribution in [0.1, 0.15) is 5.69 Å². The Hall–Kier alpha value is -1.15. The molecule has 0 unspecified atom stereocenters. The molecule has 96 valence electrons. The fourth-order valence-electron chi connectivity index (χ4n) is 1.21. The second-order valence-electron chi connectivity index (χ2n) is 3.32.